The second-order valence-corrected chi connectivity index (χ2v) is 7.09. The Hall–Kier alpha value is -2.31. The summed E-state index contributed by atoms with van der Waals surface area (Å²) in [6.07, 6.45) is 1.32. The van der Waals surface area contributed by atoms with E-state index in [9.17, 15) is 14.1 Å². The number of hydrogen-bond donors (Lipinski definition) is 0. The molecule has 0 radical (unpaired) electrons. The van der Waals surface area contributed by atoms with E-state index >= 15 is 0 Å². The van der Waals surface area contributed by atoms with Gasteiger partial charge >= 0.3 is 5.97 Å². The summed E-state index contributed by atoms with van der Waals surface area (Å²) in [6.45, 7) is 3.52. The first-order valence-corrected chi connectivity index (χ1v) is 8.97. The van der Waals surface area contributed by atoms with Crippen LogP contribution in [0.5, 0.6) is 0 Å². The number of esters is 1. The average molecular weight is 344 g/mol. The third-order valence-electron chi connectivity index (χ3n) is 3.55. The van der Waals surface area contributed by atoms with E-state index in [2.05, 4.69) is 0 Å². The maximum atomic E-state index is 12.7. The van der Waals surface area contributed by atoms with Gasteiger partial charge in [-0.15, -0.1) is 0 Å². The predicted octanol–water partition coefficient (Wildman–Crippen LogP) is 3.25. The number of ether oxygens (including phenoxy) is 1. The van der Waals surface area contributed by atoms with Crippen LogP contribution >= 0.6 is 0 Å². The minimum atomic E-state index is -1.16. The van der Waals surface area contributed by atoms with E-state index < -0.39 is 17.1 Å². The summed E-state index contributed by atoms with van der Waals surface area (Å²) >= 11 is -1.16. The molecule has 3 aromatic rings. The topological polar surface area (TPSA) is 79.6 Å². The lowest BCUT2D eigenvalue weighted by Crippen LogP contribution is -2.12. The van der Waals surface area contributed by atoms with Crippen LogP contribution < -0.4 is 5.43 Å². The Morgan fingerprint density at radius 3 is 2.54 bits per heavy atom. The van der Waals surface area contributed by atoms with Crippen LogP contribution in [0.3, 0.4) is 0 Å². The van der Waals surface area contributed by atoms with Crippen molar-refractivity contribution in [2.75, 3.05) is 6.26 Å². The zero-order valence-corrected chi connectivity index (χ0v) is 14.3. The van der Waals surface area contributed by atoms with Gasteiger partial charge in [0.2, 0.25) is 5.43 Å². The van der Waals surface area contributed by atoms with E-state index in [0.29, 0.717) is 32.4 Å². The zero-order chi connectivity index (χ0) is 17.4. The molecule has 1 heterocycles. The number of hydrogen-bond acceptors (Lipinski definition) is 5. The first-order chi connectivity index (χ1) is 11.4. The van der Waals surface area contributed by atoms with Gasteiger partial charge in [-0.1, -0.05) is 0 Å². The minimum absolute atomic E-state index is 0.237. The number of benzene rings is 2. The van der Waals surface area contributed by atoms with Gasteiger partial charge in [-0.3, -0.25) is 4.79 Å². The Balaban J connectivity index is 2.19. The van der Waals surface area contributed by atoms with E-state index in [4.69, 9.17) is 9.15 Å². The maximum Gasteiger partial charge on any atom is 0.338 e. The Morgan fingerprint density at radius 2 is 1.88 bits per heavy atom. The number of rotatable bonds is 3. The van der Waals surface area contributed by atoms with E-state index in [-0.39, 0.29) is 11.5 Å². The summed E-state index contributed by atoms with van der Waals surface area (Å²) in [4.78, 5) is 25.3. The molecule has 0 bridgehead atoms. The van der Waals surface area contributed by atoms with Crippen molar-refractivity contribution in [2.45, 2.75) is 24.8 Å². The number of fused-ring (bicyclic) bond motifs is 2. The standard InChI is InChI=1S/C18H16O5S/c1-10(2)22-18(20)11-4-7-15-14(8-11)17(19)13-6-5-12(24(3)21)9-16(13)23-15/h4-10H,1-3H3. The summed E-state index contributed by atoms with van der Waals surface area (Å²) in [7, 11) is 0. The molecule has 6 heteroatoms. The van der Waals surface area contributed by atoms with Crippen LogP contribution in [0.25, 0.3) is 21.9 Å². The van der Waals surface area contributed by atoms with Crippen molar-refractivity contribution >= 4 is 39.1 Å². The van der Waals surface area contributed by atoms with Gasteiger partial charge in [0.15, 0.2) is 4.90 Å². The summed E-state index contributed by atoms with van der Waals surface area (Å²) in [5.74, 6) is -0.483. The molecule has 3 rings (SSSR count). The van der Waals surface area contributed by atoms with Crippen LogP contribution in [0.1, 0.15) is 24.2 Å². The van der Waals surface area contributed by atoms with Gasteiger partial charge in [-0.25, -0.2) is 4.79 Å². The number of carbonyl (C=O) groups excluding carboxylic acids is 1. The molecule has 5 nitrogen and oxygen atoms in total. The maximum absolute atomic E-state index is 12.7. The van der Waals surface area contributed by atoms with E-state index in [1.807, 2.05) is 0 Å². The second-order valence-electron chi connectivity index (χ2n) is 5.71. The monoisotopic (exact) mass is 344 g/mol. The van der Waals surface area contributed by atoms with Gasteiger partial charge in [-0.05, 0) is 55.4 Å². The van der Waals surface area contributed by atoms with Crippen molar-refractivity contribution in [1.82, 2.24) is 0 Å². The van der Waals surface area contributed by atoms with Crippen molar-refractivity contribution in [3.63, 3.8) is 0 Å². The van der Waals surface area contributed by atoms with Gasteiger partial charge in [0.05, 0.1) is 22.4 Å². The molecule has 1 aromatic heterocycles. The Morgan fingerprint density at radius 1 is 1.12 bits per heavy atom. The first kappa shape index (κ1) is 16.5. The lowest BCUT2D eigenvalue weighted by molar-refractivity contribution is 0.0378. The lowest BCUT2D eigenvalue weighted by Gasteiger charge is -2.09. The molecule has 0 spiro atoms. The molecule has 0 amide bonds. The molecule has 124 valence electrons. The molecule has 0 aliphatic rings. The lowest BCUT2D eigenvalue weighted by atomic mass is 10.1. The van der Waals surface area contributed by atoms with Crippen LogP contribution in [-0.2, 0) is 15.9 Å². The highest BCUT2D eigenvalue weighted by atomic mass is 32.2. The molecule has 0 aliphatic heterocycles. The van der Waals surface area contributed by atoms with Gasteiger partial charge in [0.25, 0.3) is 0 Å². The van der Waals surface area contributed by atoms with Gasteiger partial charge in [0.1, 0.15) is 17.4 Å². The van der Waals surface area contributed by atoms with Crippen LogP contribution in [0, 0.1) is 0 Å². The molecular formula is C18H16O5S. The molecule has 0 aliphatic carbocycles. The molecule has 0 saturated heterocycles. The minimum Gasteiger partial charge on any atom is -0.612 e. The summed E-state index contributed by atoms with van der Waals surface area (Å²) in [6, 6.07) is 9.45. The molecule has 1 atom stereocenters. The van der Waals surface area contributed by atoms with Crippen molar-refractivity contribution in [3.05, 3.63) is 52.2 Å². The molecule has 0 saturated carbocycles. The zero-order valence-electron chi connectivity index (χ0n) is 13.5. The van der Waals surface area contributed by atoms with Gasteiger partial charge in [0, 0.05) is 6.07 Å². The molecule has 0 fully saturated rings. The molecular weight excluding hydrogens is 328 g/mol. The second kappa shape index (κ2) is 6.30. The first-order valence-electron chi connectivity index (χ1n) is 7.42. The Kier molecular flexibility index (Phi) is 4.34. The van der Waals surface area contributed by atoms with Gasteiger partial charge in [-0.2, -0.15) is 0 Å². The van der Waals surface area contributed by atoms with Crippen molar-refractivity contribution in [1.29, 1.82) is 0 Å². The highest BCUT2D eigenvalue weighted by molar-refractivity contribution is 7.90. The van der Waals surface area contributed by atoms with E-state index in [1.165, 1.54) is 6.07 Å². The molecule has 1 unspecified atom stereocenters. The van der Waals surface area contributed by atoms with Crippen LogP contribution in [-0.4, -0.2) is 22.9 Å². The highest BCUT2D eigenvalue weighted by Crippen LogP contribution is 2.22. The summed E-state index contributed by atoms with van der Waals surface area (Å²) in [5, 5.41) is 0.692. The molecule has 24 heavy (non-hydrogen) atoms. The average Bonchev–Trinajstić information content (AvgIpc) is 2.53. The SMILES string of the molecule is CC(C)OC(=O)c1ccc2oc3cc([S+](C)[O-])ccc3c(=O)c2c1. The van der Waals surface area contributed by atoms with Crippen LogP contribution in [0.15, 0.2) is 50.5 Å². The normalized spacial score (nSPS) is 12.7. The Bertz CT molecular complexity index is 988. The third kappa shape index (κ3) is 3.02. The van der Waals surface area contributed by atoms with Crippen LogP contribution in [0.2, 0.25) is 0 Å². The Labute approximate surface area is 141 Å². The van der Waals surface area contributed by atoms with Crippen molar-refractivity contribution < 1.29 is 18.5 Å². The largest absolute Gasteiger partial charge is 0.612 e. The van der Waals surface area contributed by atoms with Gasteiger partial charge < -0.3 is 13.7 Å². The molecule has 2 aromatic carbocycles. The third-order valence-corrected chi connectivity index (χ3v) is 4.47. The van der Waals surface area contributed by atoms with Crippen molar-refractivity contribution in [3.8, 4) is 0 Å². The predicted molar refractivity (Wildman–Crippen MR) is 92.9 cm³/mol. The van der Waals surface area contributed by atoms with Crippen LogP contribution in [0.4, 0.5) is 0 Å². The molecule has 0 N–H and O–H groups in total. The van der Waals surface area contributed by atoms with E-state index in [0.717, 1.165) is 0 Å². The fourth-order valence-electron chi connectivity index (χ4n) is 2.42. The van der Waals surface area contributed by atoms with Crippen molar-refractivity contribution in [2.24, 2.45) is 0 Å². The fourth-order valence-corrected chi connectivity index (χ4v) is 2.96. The smallest absolute Gasteiger partial charge is 0.338 e. The summed E-state index contributed by atoms with van der Waals surface area (Å²) < 4.78 is 22.5. The quantitative estimate of drug-likeness (QED) is 0.414. The fraction of sp³-hybridized carbons (Fsp3) is 0.222. The highest BCUT2D eigenvalue weighted by Gasteiger charge is 2.15. The van der Waals surface area contributed by atoms with E-state index in [1.54, 1.807) is 50.4 Å². The number of carbonyl (C=O) groups is 1. The summed E-state index contributed by atoms with van der Waals surface area (Å²) in [5.41, 5.74) is 0.804.